The number of amides is 2. The number of hydrogen-bond acceptors (Lipinski definition) is 8. The lowest BCUT2D eigenvalue weighted by molar-refractivity contribution is -0.138. The van der Waals surface area contributed by atoms with Gasteiger partial charge >= 0.3 is 0 Å². The molecule has 0 aliphatic carbocycles. The number of carbonyl (C=O) groups is 3. The van der Waals surface area contributed by atoms with Crippen LogP contribution < -0.4 is 11.1 Å². The van der Waals surface area contributed by atoms with Crippen molar-refractivity contribution in [3.8, 4) is 0 Å². The molecule has 1 aliphatic rings. The molecule has 1 aromatic carbocycles. The summed E-state index contributed by atoms with van der Waals surface area (Å²) in [6.07, 6.45) is 4.65. The number of ketones is 1. The lowest BCUT2D eigenvalue weighted by Gasteiger charge is -2.17. The number of nitrogens with two attached hydrogens (primary N) is 1. The normalized spacial score (nSPS) is 16.8. The van der Waals surface area contributed by atoms with Gasteiger partial charge in [-0.3, -0.25) is 19.3 Å². The topological polar surface area (TPSA) is 123 Å². The second kappa shape index (κ2) is 12.0. The molecule has 4 rings (SSSR count). The van der Waals surface area contributed by atoms with Gasteiger partial charge in [-0.25, -0.2) is 9.97 Å². The van der Waals surface area contributed by atoms with Gasteiger partial charge in [0.2, 0.25) is 11.8 Å². The molecule has 0 radical (unpaired) electrons. The molecule has 0 spiro atoms. The molecule has 9 nitrogen and oxygen atoms in total. The molecule has 198 valence electrons. The number of anilines is 1. The van der Waals surface area contributed by atoms with Gasteiger partial charge in [0.1, 0.15) is 17.1 Å². The fraction of sp³-hybridized carbons (Fsp3) is 0.519. The summed E-state index contributed by atoms with van der Waals surface area (Å²) in [5.74, 6) is 1.66. The number of Topliss-reactive ketones (excluding diaryl/α,β-unsaturated/α-hetero) is 1. The van der Waals surface area contributed by atoms with E-state index < -0.39 is 5.25 Å². The number of fused-ring (bicyclic) bond motifs is 3. The number of likely N-dealkylation sites (N-methyl/N-ethyl adjacent to an activating group) is 1. The third kappa shape index (κ3) is 5.80. The van der Waals surface area contributed by atoms with Gasteiger partial charge in [0.05, 0.1) is 22.3 Å². The second-order valence-corrected chi connectivity index (χ2v) is 10.8. The Bertz CT molecular complexity index is 1310. The molecule has 0 bridgehead atoms. The summed E-state index contributed by atoms with van der Waals surface area (Å²) in [4.78, 5) is 47.9. The highest BCUT2D eigenvalue weighted by atomic mass is 32.2. The van der Waals surface area contributed by atoms with Crippen LogP contribution in [0.5, 0.6) is 0 Å². The summed E-state index contributed by atoms with van der Waals surface area (Å²) in [6.45, 7) is 4.81. The Morgan fingerprint density at radius 3 is 2.68 bits per heavy atom. The predicted octanol–water partition coefficient (Wildman–Crippen LogP) is 3.33. The summed E-state index contributed by atoms with van der Waals surface area (Å²) >= 11 is 1.39. The van der Waals surface area contributed by atoms with E-state index in [0.717, 1.165) is 60.0 Å². The van der Waals surface area contributed by atoms with Gasteiger partial charge in [-0.2, -0.15) is 0 Å². The number of para-hydroxylation sites is 1. The Kier molecular flexibility index (Phi) is 8.81. The Morgan fingerprint density at radius 1 is 1.19 bits per heavy atom. The highest BCUT2D eigenvalue weighted by Gasteiger charge is 2.38. The molecule has 2 atom stereocenters. The smallest absolute Gasteiger partial charge is 0.242 e. The Balaban J connectivity index is 1.44. The second-order valence-electron chi connectivity index (χ2n) is 9.56. The molecule has 2 unspecified atom stereocenters. The lowest BCUT2D eigenvalue weighted by atomic mass is 10.1. The summed E-state index contributed by atoms with van der Waals surface area (Å²) in [6, 6.07) is 7.65. The van der Waals surface area contributed by atoms with E-state index >= 15 is 0 Å². The number of hydrogen-bond donors (Lipinski definition) is 2. The maximum atomic E-state index is 12.9. The number of nitrogens with one attached hydrogen (secondary N) is 1. The quantitative estimate of drug-likeness (QED) is 0.258. The highest BCUT2D eigenvalue weighted by Crippen LogP contribution is 2.30. The first kappa shape index (κ1) is 27.1. The summed E-state index contributed by atoms with van der Waals surface area (Å²) in [5, 5.41) is 3.57. The van der Waals surface area contributed by atoms with Crippen molar-refractivity contribution in [2.24, 2.45) is 0 Å². The molecule has 1 saturated heterocycles. The third-order valence-corrected chi connectivity index (χ3v) is 8.26. The van der Waals surface area contributed by atoms with Crippen molar-refractivity contribution >= 4 is 57.1 Å². The van der Waals surface area contributed by atoms with Crippen molar-refractivity contribution in [2.75, 3.05) is 25.1 Å². The molecule has 1 aliphatic heterocycles. The first-order valence-electron chi connectivity index (χ1n) is 13.0. The molecule has 1 fully saturated rings. The number of imide groups is 1. The van der Waals surface area contributed by atoms with Crippen LogP contribution in [0, 0.1) is 0 Å². The Morgan fingerprint density at radius 2 is 1.95 bits per heavy atom. The minimum atomic E-state index is -0.414. The number of thioether (sulfide) groups is 1. The highest BCUT2D eigenvalue weighted by molar-refractivity contribution is 8.00. The Labute approximate surface area is 221 Å². The molecule has 10 heteroatoms. The number of benzene rings is 1. The van der Waals surface area contributed by atoms with Crippen molar-refractivity contribution in [3.63, 3.8) is 0 Å². The molecule has 3 heterocycles. The summed E-state index contributed by atoms with van der Waals surface area (Å²) in [5.41, 5.74) is 8.87. The van der Waals surface area contributed by atoms with Crippen LogP contribution in [-0.2, 0) is 27.3 Å². The van der Waals surface area contributed by atoms with E-state index in [0.29, 0.717) is 24.5 Å². The van der Waals surface area contributed by atoms with E-state index in [2.05, 4.69) is 27.9 Å². The number of carbonyl (C=O) groups excluding carboxylic acids is 3. The SMILES string of the molecule is CCCCc1nc2c(N)nc3ccccc3c2n1CCCCN1C(=O)CC(SCC(NC)C(C)=O)C1=O. The minimum Gasteiger partial charge on any atom is -0.382 e. The number of aromatic nitrogens is 3. The van der Waals surface area contributed by atoms with E-state index in [1.165, 1.54) is 23.6 Å². The van der Waals surface area contributed by atoms with Gasteiger partial charge in [0.25, 0.3) is 0 Å². The van der Waals surface area contributed by atoms with Crippen LogP contribution in [0.4, 0.5) is 5.82 Å². The minimum absolute atomic E-state index is 0.0271. The number of nitrogens with zero attached hydrogens (tertiary/aromatic N) is 4. The zero-order valence-electron chi connectivity index (χ0n) is 21.8. The number of nitrogen functional groups attached to an aromatic ring is 1. The van der Waals surface area contributed by atoms with Gasteiger partial charge in [-0.15, -0.1) is 11.8 Å². The van der Waals surface area contributed by atoms with Crippen molar-refractivity contribution in [3.05, 3.63) is 30.1 Å². The van der Waals surface area contributed by atoms with Gasteiger partial charge in [0, 0.05) is 37.1 Å². The zero-order valence-corrected chi connectivity index (χ0v) is 22.6. The summed E-state index contributed by atoms with van der Waals surface area (Å²) in [7, 11) is 1.73. The fourth-order valence-corrected chi connectivity index (χ4v) is 6.20. The number of pyridine rings is 1. The van der Waals surface area contributed by atoms with Crippen molar-refractivity contribution < 1.29 is 14.4 Å². The molecule has 2 amide bonds. The van der Waals surface area contributed by atoms with Crippen LogP contribution in [-0.4, -0.2) is 67.7 Å². The first-order chi connectivity index (χ1) is 17.8. The molecule has 3 aromatic rings. The van der Waals surface area contributed by atoms with Crippen LogP contribution >= 0.6 is 11.8 Å². The van der Waals surface area contributed by atoms with Crippen LogP contribution in [0.2, 0.25) is 0 Å². The number of unbranched alkanes of at least 4 members (excludes halogenated alkanes) is 2. The van der Waals surface area contributed by atoms with E-state index in [4.69, 9.17) is 10.7 Å². The average molecular weight is 525 g/mol. The zero-order chi connectivity index (χ0) is 26.5. The molecular weight excluding hydrogens is 488 g/mol. The van der Waals surface area contributed by atoms with Crippen molar-refractivity contribution in [1.29, 1.82) is 0 Å². The largest absolute Gasteiger partial charge is 0.382 e. The van der Waals surface area contributed by atoms with Crippen LogP contribution in [0.3, 0.4) is 0 Å². The van der Waals surface area contributed by atoms with Crippen molar-refractivity contribution in [2.45, 2.75) is 70.2 Å². The van der Waals surface area contributed by atoms with E-state index in [1.807, 2.05) is 18.2 Å². The van der Waals surface area contributed by atoms with Crippen LogP contribution in [0.15, 0.2) is 24.3 Å². The lowest BCUT2D eigenvalue weighted by Crippen LogP contribution is -2.36. The van der Waals surface area contributed by atoms with Crippen molar-refractivity contribution in [1.82, 2.24) is 24.8 Å². The van der Waals surface area contributed by atoms with Gasteiger partial charge in [0.15, 0.2) is 5.82 Å². The van der Waals surface area contributed by atoms with Gasteiger partial charge in [-0.1, -0.05) is 31.5 Å². The number of aryl methyl sites for hydroxylation is 2. The predicted molar refractivity (Wildman–Crippen MR) is 148 cm³/mol. The van der Waals surface area contributed by atoms with E-state index in [9.17, 15) is 14.4 Å². The molecule has 3 N–H and O–H groups in total. The number of rotatable bonds is 13. The average Bonchev–Trinajstić information content (AvgIpc) is 3.38. The van der Waals surface area contributed by atoms with E-state index in [1.54, 1.807) is 7.05 Å². The van der Waals surface area contributed by atoms with E-state index in [-0.39, 0.29) is 30.1 Å². The molecule has 2 aromatic heterocycles. The van der Waals surface area contributed by atoms with Crippen LogP contribution in [0.25, 0.3) is 21.9 Å². The van der Waals surface area contributed by atoms with Crippen LogP contribution in [0.1, 0.15) is 51.8 Å². The first-order valence-corrected chi connectivity index (χ1v) is 14.1. The summed E-state index contributed by atoms with van der Waals surface area (Å²) < 4.78 is 2.25. The monoisotopic (exact) mass is 524 g/mol. The number of likely N-dealkylation sites (tertiary alicyclic amines) is 1. The van der Waals surface area contributed by atoms with Gasteiger partial charge < -0.3 is 15.6 Å². The standard InChI is InChI=1S/C27H36N6O3S/c1-4-5-12-22-31-24-25(18-10-6-7-11-19(18)30-26(24)28)32(22)13-8-9-14-33-23(35)15-21(27(33)36)37-16-20(29-3)17(2)34/h6-7,10-11,20-21,29H,4-5,8-9,12-16H2,1-3H3,(H2,28,30). The third-order valence-electron chi connectivity index (χ3n) is 6.96. The molecule has 37 heavy (non-hydrogen) atoms. The van der Waals surface area contributed by atoms with Gasteiger partial charge in [-0.05, 0) is 39.3 Å². The fourth-order valence-electron chi connectivity index (χ4n) is 4.85. The molecular formula is C27H36N6O3S. The maximum Gasteiger partial charge on any atom is 0.242 e. The molecule has 0 saturated carbocycles. The number of imidazole rings is 1. The Hall–Kier alpha value is -2.98. The maximum absolute atomic E-state index is 12.9.